The maximum Gasteiger partial charge on any atom is 0.325 e. The number of carbonyl (C=O) groups is 2. The zero-order valence-corrected chi connectivity index (χ0v) is 14.8. The quantitative estimate of drug-likeness (QED) is 0.864. The van der Waals surface area contributed by atoms with Gasteiger partial charge in [0.25, 0.3) is 5.91 Å². The summed E-state index contributed by atoms with van der Waals surface area (Å²) >= 11 is 0. The van der Waals surface area contributed by atoms with Crippen molar-refractivity contribution in [1.82, 2.24) is 15.1 Å². The molecule has 0 bridgehead atoms. The molecule has 2 saturated heterocycles. The summed E-state index contributed by atoms with van der Waals surface area (Å²) in [6, 6.07) is 8.36. The van der Waals surface area contributed by atoms with Crippen LogP contribution >= 0.6 is 0 Å². The van der Waals surface area contributed by atoms with Crippen LogP contribution in [0.3, 0.4) is 0 Å². The van der Waals surface area contributed by atoms with Crippen LogP contribution in [0.2, 0.25) is 0 Å². The summed E-state index contributed by atoms with van der Waals surface area (Å²) in [6.45, 7) is 9.03. The predicted molar refractivity (Wildman–Crippen MR) is 93.5 cm³/mol. The number of hydrogen-bond acceptors (Lipinski definition) is 3. The topological polar surface area (TPSA) is 52.7 Å². The SMILES string of the molecule is CCN1C(=O)N[C@@](C)([C@H]2CCCN(Cc3ccc(C)cc3)C2)C1=O. The van der Waals surface area contributed by atoms with E-state index in [9.17, 15) is 9.59 Å². The van der Waals surface area contributed by atoms with Gasteiger partial charge in [0, 0.05) is 25.6 Å². The van der Waals surface area contributed by atoms with Crippen LogP contribution < -0.4 is 5.32 Å². The Bertz CT molecular complexity index is 628. The standard InChI is InChI=1S/C19H27N3O2/c1-4-22-17(23)19(3,20-18(22)24)16-6-5-11-21(13-16)12-15-9-7-14(2)8-10-15/h7-10,16H,4-6,11-13H2,1-3H3,(H,20,24)/t16-,19-/m0/s1. The summed E-state index contributed by atoms with van der Waals surface area (Å²) in [7, 11) is 0. The number of amides is 3. The average molecular weight is 329 g/mol. The van der Waals surface area contributed by atoms with Crippen LogP contribution in [0.1, 0.15) is 37.8 Å². The molecule has 3 rings (SSSR count). The van der Waals surface area contributed by atoms with Gasteiger partial charge in [-0.15, -0.1) is 0 Å². The first kappa shape index (κ1) is 17.0. The second kappa shape index (κ2) is 6.55. The van der Waals surface area contributed by atoms with Crippen LogP contribution in [0.15, 0.2) is 24.3 Å². The van der Waals surface area contributed by atoms with Gasteiger partial charge in [-0.2, -0.15) is 0 Å². The zero-order chi connectivity index (χ0) is 17.3. The molecule has 3 amide bonds. The predicted octanol–water partition coefficient (Wildman–Crippen LogP) is 2.54. The van der Waals surface area contributed by atoms with Gasteiger partial charge in [0.2, 0.25) is 0 Å². The summed E-state index contributed by atoms with van der Waals surface area (Å²) in [5, 5.41) is 2.95. The van der Waals surface area contributed by atoms with Crippen LogP contribution in [0.25, 0.3) is 0 Å². The normalized spacial score (nSPS) is 28.3. The molecule has 1 aromatic carbocycles. The van der Waals surface area contributed by atoms with Crippen LogP contribution in [-0.4, -0.2) is 46.9 Å². The molecule has 0 saturated carbocycles. The second-order valence-electron chi connectivity index (χ2n) is 7.24. The van der Waals surface area contributed by atoms with E-state index in [0.29, 0.717) is 6.54 Å². The molecule has 2 aliphatic heterocycles. The highest BCUT2D eigenvalue weighted by atomic mass is 16.2. The van der Waals surface area contributed by atoms with Gasteiger partial charge in [0.1, 0.15) is 5.54 Å². The summed E-state index contributed by atoms with van der Waals surface area (Å²) in [4.78, 5) is 28.5. The lowest BCUT2D eigenvalue weighted by atomic mass is 9.80. The number of hydrogen-bond donors (Lipinski definition) is 1. The molecule has 2 atom stereocenters. The first-order chi connectivity index (χ1) is 11.4. The fourth-order valence-corrected chi connectivity index (χ4v) is 3.90. The lowest BCUT2D eigenvalue weighted by Gasteiger charge is -2.39. The Hall–Kier alpha value is -1.88. The molecule has 0 aromatic heterocycles. The highest BCUT2D eigenvalue weighted by Crippen LogP contribution is 2.32. The molecule has 0 spiro atoms. The van der Waals surface area contributed by atoms with Crippen LogP contribution in [0.4, 0.5) is 4.79 Å². The number of nitrogens with one attached hydrogen (secondary N) is 1. The monoisotopic (exact) mass is 329 g/mol. The lowest BCUT2D eigenvalue weighted by Crippen LogP contribution is -2.55. The Kier molecular flexibility index (Phi) is 4.63. The summed E-state index contributed by atoms with van der Waals surface area (Å²) in [5.41, 5.74) is 1.80. The second-order valence-corrected chi connectivity index (χ2v) is 7.24. The number of urea groups is 1. The van der Waals surface area contributed by atoms with Crippen molar-refractivity contribution >= 4 is 11.9 Å². The maximum absolute atomic E-state index is 12.7. The molecular weight excluding hydrogens is 302 g/mol. The Labute approximate surface area is 144 Å². The third-order valence-corrected chi connectivity index (χ3v) is 5.47. The number of carbonyl (C=O) groups excluding carboxylic acids is 2. The van der Waals surface area contributed by atoms with E-state index in [1.54, 1.807) is 0 Å². The van der Waals surface area contributed by atoms with E-state index >= 15 is 0 Å². The number of imide groups is 1. The Morgan fingerprint density at radius 3 is 2.58 bits per heavy atom. The molecule has 130 valence electrons. The van der Waals surface area contributed by atoms with Gasteiger partial charge in [-0.1, -0.05) is 29.8 Å². The minimum absolute atomic E-state index is 0.0721. The third kappa shape index (κ3) is 3.05. The minimum atomic E-state index is -0.765. The van der Waals surface area contributed by atoms with Crippen LogP contribution in [0, 0.1) is 12.8 Å². The number of aryl methyl sites for hydroxylation is 1. The largest absolute Gasteiger partial charge is 0.325 e. The van der Waals surface area contributed by atoms with Crippen molar-refractivity contribution in [2.45, 2.75) is 45.7 Å². The van der Waals surface area contributed by atoms with Crippen molar-refractivity contribution in [3.8, 4) is 0 Å². The molecule has 1 aromatic rings. The van der Waals surface area contributed by atoms with E-state index in [0.717, 1.165) is 32.5 Å². The third-order valence-electron chi connectivity index (χ3n) is 5.47. The molecule has 24 heavy (non-hydrogen) atoms. The molecule has 2 aliphatic rings. The molecular formula is C19H27N3O2. The first-order valence-electron chi connectivity index (χ1n) is 8.86. The smallest absolute Gasteiger partial charge is 0.323 e. The molecule has 5 heteroatoms. The highest BCUT2D eigenvalue weighted by Gasteiger charge is 2.52. The lowest BCUT2D eigenvalue weighted by molar-refractivity contribution is -0.133. The van der Waals surface area contributed by atoms with Gasteiger partial charge in [-0.3, -0.25) is 14.6 Å². The van der Waals surface area contributed by atoms with Gasteiger partial charge in [0.05, 0.1) is 0 Å². The fourth-order valence-electron chi connectivity index (χ4n) is 3.90. The maximum atomic E-state index is 12.7. The van der Waals surface area contributed by atoms with Crippen molar-refractivity contribution < 1.29 is 9.59 Å². The minimum Gasteiger partial charge on any atom is -0.323 e. The van der Waals surface area contributed by atoms with Crippen molar-refractivity contribution in [2.24, 2.45) is 5.92 Å². The molecule has 0 radical (unpaired) electrons. The molecule has 0 unspecified atom stereocenters. The Balaban J connectivity index is 1.70. The Morgan fingerprint density at radius 2 is 1.96 bits per heavy atom. The van der Waals surface area contributed by atoms with Gasteiger partial charge >= 0.3 is 6.03 Å². The number of rotatable bonds is 4. The molecule has 1 N–H and O–H groups in total. The van der Waals surface area contributed by atoms with Crippen molar-refractivity contribution in [2.75, 3.05) is 19.6 Å². The first-order valence-corrected chi connectivity index (χ1v) is 8.86. The van der Waals surface area contributed by atoms with E-state index in [2.05, 4.69) is 41.4 Å². The number of likely N-dealkylation sites (N-methyl/N-ethyl adjacent to an activating group) is 1. The molecule has 2 fully saturated rings. The number of nitrogens with zero attached hydrogens (tertiary/aromatic N) is 2. The van der Waals surface area contributed by atoms with Gasteiger partial charge in [-0.25, -0.2) is 4.79 Å². The summed E-state index contributed by atoms with van der Waals surface area (Å²) in [5.74, 6) is 0.0851. The summed E-state index contributed by atoms with van der Waals surface area (Å²) in [6.07, 6.45) is 2.03. The van der Waals surface area contributed by atoms with Crippen LogP contribution in [-0.2, 0) is 11.3 Å². The van der Waals surface area contributed by atoms with Gasteiger partial charge in [0.15, 0.2) is 0 Å². The van der Waals surface area contributed by atoms with E-state index in [1.165, 1.54) is 16.0 Å². The number of benzene rings is 1. The number of likely N-dealkylation sites (tertiary alicyclic amines) is 1. The van der Waals surface area contributed by atoms with E-state index in [1.807, 2.05) is 13.8 Å². The number of piperidine rings is 1. The van der Waals surface area contributed by atoms with Gasteiger partial charge in [-0.05, 0) is 45.7 Å². The van der Waals surface area contributed by atoms with E-state index in [4.69, 9.17) is 0 Å². The van der Waals surface area contributed by atoms with Crippen molar-refractivity contribution in [3.05, 3.63) is 35.4 Å². The van der Waals surface area contributed by atoms with E-state index < -0.39 is 5.54 Å². The van der Waals surface area contributed by atoms with Gasteiger partial charge < -0.3 is 5.32 Å². The molecule has 2 heterocycles. The summed E-state index contributed by atoms with van der Waals surface area (Å²) < 4.78 is 0. The highest BCUT2D eigenvalue weighted by molar-refractivity contribution is 6.07. The zero-order valence-electron chi connectivity index (χ0n) is 14.8. The average Bonchev–Trinajstić information content (AvgIpc) is 2.80. The van der Waals surface area contributed by atoms with Crippen LogP contribution in [0.5, 0.6) is 0 Å². The Morgan fingerprint density at radius 1 is 1.25 bits per heavy atom. The molecule has 5 nitrogen and oxygen atoms in total. The fraction of sp³-hybridized carbons (Fsp3) is 0.579. The van der Waals surface area contributed by atoms with Crippen molar-refractivity contribution in [1.29, 1.82) is 0 Å². The van der Waals surface area contributed by atoms with E-state index in [-0.39, 0.29) is 17.9 Å². The molecule has 0 aliphatic carbocycles. The van der Waals surface area contributed by atoms with Crippen molar-refractivity contribution in [3.63, 3.8) is 0 Å².